The topological polar surface area (TPSA) is 71.1 Å². The molecule has 0 aliphatic rings. The fourth-order valence-corrected chi connectivity index (χ4v) is 2.12. The molecule has 5 heteroatoms. The van der Waals surface area contributed by atoms with Gasteiger partial charge in [0.25, 0.3) is 11.8 Å². The molecule has 0 bridgehead atoms. The monoisotopic (exact) mass is 325 g/mol. The van der Waals surface area contributed by atoms with Gasteiger partial charge in [0.2, 0.25) is 0 Å². The van der Waals surface area contributed by atoms with Crippen LogP contribution >= 0.6 is 0 Å². The maximum atomic E-state index is 12.4. The average Bonchev–Trinajstić information content (AvgIpc) is 2.49. The van der Waals surface area contributed by atoms with Gasteiger partial charge in [0.05, 0.1) is 0 Å². The molecule has 2 amide bonds. The molecule has 5 nitrogen and oxygen atoms in total. The standard InChI is InChI=1S/C19H23N3O2/c1-12-6-7-15(10-13(12)2)21-17(23)14-8-9-20-16(11-14)18(24)22-19(3,4)5/h6-11H,1-5H3,(H,21,23)(H,22,24). The highest BCUT2D eigenvalue weighted by Crippen LogP contribution is 2.15. The highest BCUT2D eigenvalue weighted by atomic mass is 16.2. The van der Waals surface area contributed by atoms with Gasteiger partial charge in [-0.1, -0.05) is 6.07 Å². The summed E-state index contributed by atoms with van der Waals surface area (Å²) >= 11 is 0. The third-order valence-electron chi connectivity index (χ3n) is 3.51. The van der Waals surface area contributed by atoms with E-state index in [1.165, 1.54) is 12.3 Å². The van der Waals surface area contributed by atoms with Gasteiger partial charge in [-0.25, -0.2) is 0 Å². The molecule has 0 saturated heterocycles. The predicted molar refractivity (Wildman–Crippen MR) is 95.3 cm³/mol. The number of anilines is 1. The van der Waals surface area contributed by atoms with Crippen LogP contribution in [0.5, 0.6) is 0 Å². The Balaban J connectivity index is 2.16. The number of carbonyl (C=O) groups is 2. The normalized spacial score (nSPS) is 11.0. The van der Waals surface area contributed by atoms with Crippen molar-refractivity contribution in [2.45, 2.75) is 40.2 Å². The maximum absolute atomic E-state index is 12.4. The van der Waals surface area contributed by atoms with E-state index in [1.54, 1.807) is 6.07 Å². The van der Waals surface area contributed by atoms with E-state index in [-0.39, 0.29) is 23.0 Å². The smallest absolute Gasteiger partial charge is 0.270 e. The molecule has 0 aliphatic carbocycles. The number of nitrogens with zero attached hydrogens (tertiary/aromatic N) is 1. The SMILES string of the molecule is Cc1ccc(NC(=O)c2ccnc(C(=O)NC(C)(C)C)c2)cc1C. The molecule has 0 unspecified atom stereocenters. The summed E-state index contributed by atoms with van der Waals surface area (Å²) < 4.78 is 0. The summed E-state index contributed by atoms with van der Waals surface area (Å²) in [4.78, 5) is 28.6. The summed E-state index contributed by atoms with van der Waals surface area (Å²) in [6.07, 6.45) is 1.47. The molecule has 2 aromatic rings. The molecule has 126 valence electrons. The molecule has 1 aromatic carbocycles. The van der Waals surface area contributed by atoms with Crippen LogP contribution in [-0.2, 0) is 0 Å². The van der Waals surface area contributed by atoms with Crippen LogP contribution in [0.2, 0.25) is 0 Å². The lowest BCUT2D eigenvalue weighted by molar-refractivity contribution is 0.0914. The fraction of sp³-hybridized carbons (Fsp3) is 0.316. The van der Waals surface area contributed by atoms with Gasteiger partial charge in [0.15, 0.2) is 0 Å². The number of rotatable bonds is 3. The number of hydrogen-bond donors (Lipinski definition) is 2. The van der Waals surface area contributed by atoms with Gasteiger partial charge in [-0.3, -0.25) is 14.6 Å². The quantitative estimate of drug-likeness (QED) is 0.907. The van der Waals surface area contributed by atoms with E-state index in [2.05, 4.69) is 15.6 Å². The number of hydrogen-bond acceptors (Lipinski definition) is 3. The first kappa shape index (κ1) is 17.7. The molecule has 0 radical (unpaired) electrons. The van der Waals surface area contributed by atoms with Crippen LogP contribution in [0.4, 0.5) is 5.69 Å². The van der Waals surface area contributed by atoms with Crippen molar-refractivity contribution in [3.63, 3.8) is 0 Å². The second-order valence-corrected chi connectivity index (χ2v) is 6.89. The highest BCUT2D eigenvalue weighted by Gasteiger charge is 2.17. The first-order valence-electron chi connectivity index (χ1n) is 7.83. The van der Waals surface area contributed by atoms with E-state index in [4.69, 9.17) is 0 Å². The Kier molecular flexibility index (Phi) is 5.02. The van der Waals surface area contributed by atoms with Crippen LogP contribution in [0, 0.1) is 13.8 Å². The predicted octanol–water partition coefficient (Wildman–Crippen LogP) is 3.48. The van der Waals surface area contributed by atoms with Crippen LogP contribution in [0.25, 0.3) is 0 Å². The van der Waals surface area contributed by atoms with Gasteiger partial charge < -0.3 is 10.6 Å². The van der Waals surface area contributed by atoms with Crippen molar-refractivity contribution in [3.05, 3.63) is 58.9 Å². The molecule has 0 spiro atoms. The van der Waals surface area contributed by atoms with E-state index < -0.39 is 0 Å². The molecule has 2 N–H and O–H groups in total. The van der Waals surface area contributed by atoms with Crippen molar-refractivity contribution in [3.8, 4) is 0 Å². The summed E-state index contributed by atoms with van der Waals surface area (Å²) in [6, 6.07) is 8.82. The van der Waals surface area contributed by atoms with Gasteiger partial charge in [-0.2, -0.15) is 0 Å². The molecule has 2 rings (SSSR count). The third kappa shape index (κ3) is 4.65. The Morgan fingerprint density at radius 3 is 2.29 bits per heavy atom. The molecule has 1 aromatic heterocycles. The van der Waals surface area contributed by atoms with Gasteiger partial charge in [-0.05, 0) is 70.0 Å². The molecule has 0 aliphatic heterocycles. The first-order valence-corrected chi connectivity index (χ1v) is 7.83. The minimum Gasteiger partial charge on any atom is -0.346 e. The summed E-state index contributed by atoms with van der Waals surface area (Å²) in [5.74, 6) is -0.575. The lowest BCUT2D eigenvalue weighted by Gasteiger charge is -2.20. The average molecular weight is 325 g/mol. The minimum absolute atomic E-state index is 0.220. The molecule has 0 atom stereocenters. The number of benzene rings is 1. The van der Waals surface area contributed by atoms with Crippen LogP contribution in [0.3, 0.4) is 0 Å². The van der Waals surface area contributed by atoms with Crippen LogP contribution in [0.1, 0.15) is 52.7 Å². The lowest BCUT2D eigenvalue weighted by atomic mass is 10.1. The third-order valence-corrected chi connectivity index (χ3v) is 3.51. The van der Waals surface area contributed by atoms with Crippen molar-refractivity contribution in [2.75, 3.05) is 5.32 Å². The number of nitrogens with one attached hydrogen (secondary N) is 2. The lowest BCUT2D eigenvalue weighted by Crippen LogP contribution is -2.41. The summed E-state index contributed by atoms with van der Waals surface area (Å²) in [7, 11) is 0. The van der Waals surface area contributed by atoms with Crippen molar-refractivity contribution in [1.29, 1.82) is 0 Å². The second kappa shape index (κ2) is 6.83. The van der Waals surface area contributed by atoms with E-state index in [1.807, 2.05) is 52.8 Å². The summed E-state index contributed by atoms with van der Waals surface area (Å²) in [6.45, 7) is 9.68. The van der Waals surface area contributed by atoms with Crippen molar-refractivity contribution < 1.29 is 9.59 Å². The van der Waals surface area contributed by atoms with E-state index in [0.29, 0.717) is 5.56 Å². The molecular formula is C19H23N3O2. The number of aryl methyl sites for hydroxylation is 2. The van der Waals surface area contributed by atoms with E-state index in [9.17, 15) is 9.59 Å². The minimum atomic E-state index is -0.365. The number of carbonyl (C=O) groups excluding carboxylic acids is 2. The van der Waals surface area contributed by atoms with Crippen LogP contribution in [-0.4, -0.2) is 22.3 Å². The zero-order chi connectivity index (χ0) is 17.9. The van der Waals surface area contributed by atoms with Crippen molar-refractivity contribution >= 4 is 17.5 Å². The number of pyridine rings is 1. The van der Waals surface area contributed by atoms with E-state index in [0.717, 1.165) is 16.8 Å². The Labute approximate surface area is 142 Å². The highest BCUT2D eigenvalue weighted by molar-refractivity contribution is 6.05. The van der Waals surface area contributed by atoms with Crippen LogP contribution in [0.15, 0.2) is 36.5 Å². The Morgan fingerprint density at radius 1 is 0.958 bits per heavy atom. The molecule has 0 saturated carbocycles. The largest absolute Gasteiger partial charge is 0.346 e. The zero-order valence-corrected chi connectivity index (χ0v) is 14.7. The molecular weight excluding hydrogens is 302 g/mol. The molecule has 24 heavy (non-hydrogen) atoms. The van der Waals surface area contributed by atoms with Gasteiger partial charge in [-0.15, -0.1) is 0 Å². The number of aromatic nitrogens is 1. The Bertz CT molecular complexity index is 776. The van der Waals surface area contributed by atoms with Crippen LogP contribution < -0.4 is 10.6 Å². The Hall–Kier alpha value is -2.69. The number of amides is 2. The van der Waals surface area contributed by atoms with Gasteiger partial charge in [0.1, 0.15) is 5.69 Å². The van der Waals surface area contributed by atoms with Gasteiger partial charge >= 0.3 is 0 Å². The molecule has 0 fully saturated rings. The van der Waals surface area contributed by atoms with Crippen molar-refractivity contribution in [2.24, 2.45) is 0 Å². The van der Waals surface area contributed by atoms with E-state index >= 15 is 0 Å². The van der Waals surface area contributed by atoms with Gasteiger partial charge in [0, 0.05) is 23.0 Å². The fourth-order valence-electron chi connectivity index (χ4n) is 2.12. The second-order valence-electron chi connectivity index (χ2n) is 6.89. The Morgan fingerprint density at radius 2 is 1.67 bits per heavy atom. The summed E-state index contributed by atoms with van der Waals surface area (Å²) in [5, 5.41) is 5.67. The maximum Gasteiger partial charge on any atom is 0.270 e. The first-order chi connectivity index (χ1) is 11.2. The molecule has 1 heterocycles. The van der Waals surface area contributed by atoms with Crippen molar-refractivity contribution in [1.82, 2.24) is 10.3 Å². The summed E-state index contributed by atoms with van der Waals surface area (Å²) in [5.41, 5.74) is 3.24. The zero-order valence-electron chi connectivity index (χ0n) is 14.7.